The van der Waals surface area contributed by atoms with Gasteiger partial charge >= 0.3 is 0 Å². The molecule has 0 radical (unpaired) electrons. The quantitative estimate of drug-likeness (QED) is 0.793. The van der Waals surface area contributed by atoms with Gasteiger partial charge in [-0.15, -0.1) is 0 Å². The topological polar surface area (TPSA) is 32.3 Å². The van der Waals surface area contributed by atoms with E-state index in [-0.39, 0.29) is 5.91 Å². The second-order valence-electron chi connectivity index (χ2n) is 4.40. The maximum absolute atomic E-state index is 11.7. The van der Waals surface area contributed by atoms with E-state index >= 15 is 0 Å². The molecule has 1 aromatic rings. The molecule has 1 amide bonds. The van der Waals surface area contributed by atoms with Crippen molar-refractivity contribution in [1.82, 2.24) is 0 Å². The highest BCUT2D eigenvalue weighted by Crippen LogP contribution is 2.37. The van der Waals surface area contributed by atoms with Gasteiger partial charge in [0.2, 0.25) is 5.91 Å². The van der Waals surface area contributed by atoms with E-state index < -0.39 is 0 Å². The van der Waals surface area contributed by atoms with Crippen molar-refractivity contribution in [3.8, 4) is 0 Å². The summed E-state index contributed by atoms with van der Waals surface area (Å²) in [6.45, 7) is 1.06. The van der Waals surface area contributed by atoms with Crippen LogP contribution < -0.4 is 10.2 Å². The average molecular weight is 281 g/mol. The molecule has 3 nitrogen and oxygen atoms in total. The van der Waals surface area contributed by atoms with Crippen LogP contribution in [0.5, 0.6) is 0 Å². The number of halogens is 1. The molecule has 1 aromatic carbocycles. The molecule has 0 saturated carbocycles. The van der Waals surface area contributed by atoms with Crippen molar-refractivity contribution in [2.24, 2.45) is 0 Å². The van der Waals surface area contributed by atoms with Crippen LogP contribution >= 0.6 is 15.9 Å². The first-order valence-electron chi connectivity index (χ1n) is 5.60. The molecule has 3 rings (SSSR count). The van der Waals surface area contributed by atoms with Crippen molar-refractivity contribution in [1.29, 1.82) is 0 Å². The number of fused-ring (bicyclic) bond motifs is 3. The number of carbonyl (C=O) groups is 1. The molecule has 1 N–H and O–H groups in total. The monoisotopic (exact) mass is 280 g/mol. The molecule has 0 bridgehead atoms. The van der Waals surface area contributed by atoms with Gasteiger partial charge in [0.05, 0.1) is 11.4 Å². The van der Waals surface area contributed by atoms with Gasteiger partial charge in [-0.3, -0.25) is 4.79 Å². The van der Waals surface area contributed by atoms with Crippen LogP contribution in [-0.4, -0.2) is 18.5 Å². The minimum absolute atomic E-state index is 0.137. The Hall–Kier alpha value is -1.03. The summed E-state index contributed by atoms with van der Waals surface area (Å²) in [4.78, 5) is 14.1. The summed E-state index contributed by atoms with van der Waals surface area (Å²) >= 11 is 3.49. The lowest BCUT2D eigenvalue weighted by molar-refractivity contribution is -0.116. The Labute approximate surface area is 103 Å². The van der Waals surface area contributed by atoms with Crippen molar-refractivity contribution in [2.75, 3.05) is 16.8 Å². The molecule has 1 atom stereocenters. The van der Waals surface area contributed by atoms with Gasteiger partial charge in [0.15, 0.2) is 0 Å². The fourth-order valence-corrected chi connectivity index (χ4v) is 2.98. The molecule has 2 aliphatic rings. The van der Waals surface area contributed by atoms with Gasteiger partial charge in [0.25, 0.3) is 0 Å². The number of carbonyl (C=O) groups excluding carboxylic acids is 1. The minimum atomic E-state index is 0.137. The molecule has 4 heteroatoms. The molecule has 1 saturated heterocycles. The van der Waals surface area contributed by atoms with E-state index in [4.69, 9.17) is 0 Å². The largest absolute Gasteiger partial charge is 0.366 e. The molecular weight excluding hydrogens is 268 g/mol. The van der Waals surface area contributed by atoms with Crippen LogP contribution in [0.25, 0.3) is 0 Å². The summed E-state index contributed by atoms with van der Waals surface area (Å²) in [5, 5.41) is 2.98. The number of rotatable bonds is 0. The number of benzene rings is 1. The van der Waals surface area contributed by atoms with Crippen LogP contribution in [0.2, 0.25) is 0 Å². The van der Waals surface area contributed by atoms with Crippen LogP contribution in [0.4, 0.5) is 11.4 Å². The molecule has 1 fully saturated rings. The van der Waals surface area contributed by atoms with Crippen molar-refractivity contribution in [3.63, 3.8) is 0 Å². The number of nitrogens with zero attached hydrogens (tertiary/aromatic N) is 1. The average Bonchev–Trinajstić information content (AvgIpc) is 2.64. The maximum atomic E-state index is 11.7. The molecule has 1 unspecified atom stereocenters. The lowest BCUT2D eigenvalue weighted by Gasteiger charge is -2.24. The van der Waals surface area contributed by atoms with E-state index in [2.05, 4.69) is 32.2 Å². The first-order valence-corrected chi connectivity index (χ1v) is 6.39. The second-order valence-corrected chi connectivity index (χ2v) is 5.32. The van der Waals surface area contributed by atoms with Gasteiger partial charge < -0.3 is 10.2 Å². The first kappa shape index (κ1) is 10.1. The Morgan fingerprint density at radius 2 is 2.31 bits per heavy atom. The molecule has 0 spiro atoms. The molecule has 0 aliphatic carbocycles. The Bertz CT molecular complexity index is 447. The fourth-order valence-electron chi connectivity index (χ4n) is 2.63. The lowest BCUT2D eigenvalue weighted by Crippen LogP contribution is -2.29. The van der Waals surface area contributed by atoms with Crippen molar-refractivity contribution in [3.05, 3.63) is 22.7 Å². The molecule has 16 heavy (non-hydrogen) atoms. The van der Waals surface area contributed by atoms with Crippen LogP contribution in [-0.2, 0) is 4.79 Å². The summed E-state index contributed by atoms with van der Waals surface area (Å²) in [6, 6.07) is 6.42. The SMILES string of the molecule is O=C1CC2CCCN2c2cc(Br)ccc2N1. The molecule has 2 heterocycles. The van der Waals surface area contributed by atoms with Crippen molar-refractivity contribution < 1.29 is 4.79 Å². The van der Waals surface area contributed by atoms with Gasteiger partial charge in [0.1, 0.15) is 0 Å². The van der Waals surface area contributed by atoms with Gasteiger partial charge in [0, 0.05) is 23.5 Å². The van der Waals surface area contributed by atoms with Gasteiger partial charge in [-0.1, -0.05) is 15.9 Å². The van der Waals surface area contributed by atoms with Crippen molar-refractivity contribution >= 4 is 33.2 Å². The van der Waals surface area contributed by atoms with Crippen LogP contribution in [0.15, 0.2) is 22.7 Å². The van der Waals surface area contributed by atoms with E-state index in [0.717, 1.165) is 28.8 Å². The lowest BCUT2D eigenvalue weighted by atomic mass is 10.1. The first-order chi connectivity index (χ1) is 7.74. The summed E-state index contributed by atoms with van der Waals surface area (Å²) in [6.07, 6.45) is 2.93. The third-order valence-corrected chi connectivity index (χ3v) is 3.83. The minimum Gasteiger partial charge on any atom is -0.366 e. The smallest absolute Gasteiger partial charge is 0.226 e. The highest BCUT2D eigenvalue weighted by molar-refractivity contribution is 9.10. The Morgan fingerprint density at radius 1 is 1.44 bits per heavy atom. The molecule has 2 aliphatic heterocycles. The Kier molecular flexibility index (Phi) is 2.39. The van der Waals surface area contributed by atoms with E-state index in [1.54, 1.807) is 0 Å². The Balaban J connectivity index is 2.10. The van der Waals surface area contributed by atoms with E-state index in [0.29, 0.717) is 12.5 Å². The third-order valence-electron chi connectivity index (χ3n) is 3.34. The fraction of sp³-hybridized carbons (Fsp3) is 0.417. The van der Waals surface area contributed by atoms with Crippen LogP contribution in [0.3, 0.4) is 0 Å². The number of amides is 1. The van der Waals surface area contributed by atoms with Crippen LogP contribution in [0, 0.1) is 0 Å². The zero-order chi connectivity index (χ0) is 11.1. The van der Waals surface area contributed by atoms with E-state index in [9.17, 15) is 4.79 Å². The second kappa shape index (κ2) is 3.77. The maximum Gasteiger partial charge on any atom is 0.226 e. The Morgan fingerprint density at radius 3 is 3.19 bits per heavy atom. The van der Waals surface area contributed by atoms with Gasteiger partial charge in [-0.25, -0.2) is 0 Å². The predicted octanol–water partition coefficient (Wildman–Crippen LogP) is 2.76. The highest BCUT2D eigenvalue weighted by atomic mass is 79.9. The van der Waals surface area contributed by atoms with Crippen molar-refractivity contribution in [2.45, 2.75) is 25.3 Å². The molecule has 0 aromatic heterocycles. The third kappa shape index (κ3) is 1.61. The van der Waals surface area contributed by atoms with Gasteiger partial charge in [-0.05, 0) is 31.0 Å². The highest BCUT2D eigenvalue weighted by Gasteiger charge is 2.31. The number of hydrogen-bond donors (Lipinski definition) is 1. The van der Waals surface area contributed by atoms with Crippen LogP contribution in [0.1, 0.15) is 19.3 Å². The standard InChI is InChI=1S/C12H13BrN2O/c13-8-3-4-10-11(6-8)15-5-1-2-9(15)7-12(16)14-10/h3-4,6,9H,1-2,5,7H2,(H,14,16). The normalized spacial score (nSPS) is 23.4. The number of nitrogens with one attached hydrogen (secondary N) is 1. The zero-order valence-electron chi connectivity index (χ0n) is 8.87. The summed E-state index contributed by atoms with van der Waals surface area (Å²) < 4.78 is 1.06. The van der Waals surface area contributed by atoms with E-state index in [1.807, 2.05) is 12.1 Å². The molecular formula is C12H13BrN2O. The zero-order valence-corrected chi connectivity index (χ0v) is 10.5. The predicted molar refractivity (Wildman–Crippen MR) is 67.8 cm³/mol. The summed E-state index contributed by atoms with van der Waals surface area (Å²) in [5.41, 5.74) is 2.10. The van der Waals surface area contributed by atoms with E-state index in [1.165, 1.54) is 6.42 Å². The number of anilines is 2. The number of hydrogen-bond acceptors (Lipinski definition) is 2. The molecule has 84 valence electrons. The summed E-state index contributed by atoms with van der Waals surface area (Å²) in [7, 11) is 0. The van der Waals surface area contributed by atoms with Gasteiger partial charge in [-0.2, -0.15) is 0 Å². The summed E-state index contributed by atoms with van der Waals surface area (Å²) in [5.74, 6) is 0.137.